The largest absolute Gasteiger partial charge is 0.438 e. The quantitative estimate of drug-likeness (QED) is 0.898. The van der Waals surface area contributed by atoms with Crippen molar-refractivity contribution in [3.8, 4) is 0 Å². The predicted octanol–water partition coefficient (Wildman–Crippen LogP) is 2.20. The van der Waals surface area contributed by atoms with E-state index in [-0.39, 0.29) is 11.4 Å². The SMILES string of the molecule is NS(=O)(=O)c1ccc(C(=O)Nc2ccc(C(F)(F)F)cc2)o1. The van der Waals surface area contributed by atoms with Crippen molar-refractivity contribution in [2.45, 2.75) is 11.3 Å². The van der Waals surface area contributed by atoms with Gasteiger partial charge in [-0.25, -0.2) is 13.6 Å². The van der Waals surface area contributed by atoms with Gasteiger partial charge in [-0.1, -0.05) is 0 Å². The lowest BCUT2D eigenvalue weighted by Crippen LogP contribution is -2.13. The molecule has 3 N–H and O–H groups in total. The molecule has 0 aliphatic carbocycles. The lowest BCUT2D eigenvalue weighted by atomic mass is 10.2. The minimum absolute atomic E-state index is 0.0894. The predicted molar refractivity (Wildman–Crippen MR) is 69.5 cm³/mol. The molecule has 1 aromatic carbocycles. The molecular weight excluding hydrogens is 325 g/mol. The molecule has 118 valence electrons. The van der Waals surface area contributed by atoms with Crippen LogP contribution >= 0.6 is 0 Å². The number of benzene rings is 1. The van der Waals surface area contributed by atoms with Crippen LogP contribution in [0.4, 0.5) is 18.9 Å². The van der Waals surface area contributed by atoms with Crippen molar-refractivity contribution < 1.29 is 30.8 Å². The van der Waals surface area contributed by atoms with E-state index in [4.69, 9.17) is 9.56 Å². The Morgan fingerprint density at radius 2 is 1.68 bits per heavy atom. The van der Waals surface area contributed by atoms with Crippen LogP contribution in [0.15, 0.2) is 45.9 Å². The van der Waals surface area contributed by atoms with Crippen LogP contribution in [0.5, 0.6) is 0 Å². The normalized spacial score (nSPS) is 12.2. The number of hydrogen-bond donors (Lipinski definition) is 2. The van der Waals surface area contributed by atoms with Crippen LogP contribution in [0.3, 0.4) is 0 Å². The summed E-state index contributed by atoms with van der Waals surface area (Å²) in [5, 5.41) is 6.49. The van der Waals surface area contributed by atoms with Crippen molar-refractivity contribution in [2.24, 2.45) is 5.14 Å². The summed E-state index contributed by atoms with van der Waals surface area (Å²) in [6.07, 6.45) is -4.48. The van der Waals surface area contributed by atoms with E-state index in [2.05, 4.69) is 5.32 Å². The zero-order valence-corrected chi connectivity index (χ0v) is 11.5. The third-order valence-electron chi connectivity index (χ3n) is 2.56. The maximum absolute atomic E-state index is 12.4. The highest BCUT2D eigenvalue weighted by molar-refractivity contribution is 7.89. The van der Waals surface area contributed by atoms with Crippen molar-refractivity contribution in [1.29, 1.82) is 0 Å². The summed E-state index contributed by atoms with van der Waals surface area (Å²) in [7, 11) is -4.08. The Morgan fingerprint density at radius 1 is 1.09 bits per heavy atom. The number of hydrogen-bond acceptors (Lipinski definition) is 4. The highest BCUT2D eigenvalue weighted by Gasteiger charge is 2.30. The lowest BCUT2D eigenvalue weighted by molar-refractivity contribution is -0.137. The van der Waals surface area contributed by atoms with E-state index in [0.29, 0.717) is 0 Å². The Balaban J connectivity index is 2.14. The zero-order chi connectivity index (χ0) is 16.5. The average Bonchev–Trinajstić information content (AvgIpc) is 2.87. The van der Waals surface area contributed by atoms with Crippen LogP contribution in [0, 0.1) is 0 Å². The molecule has 0 spiro atoms. The molecule has 0 atom stereocenters. The highest BCUT2D eigenvalue weighted by atomic mass is 32.2. The van der Waals surface area contributed by atoms with Gasteiger partial charge < -0.3 is 9.73 Å². The molecule has 0 unspecified atom stereocenters. The van der Waals surface area contributed by atoms with Crippen molar-refractivity contribution in [3.63, 3.8) is 0 Å². The number of nitrogens with two attached hydrogens (primary N) is 1. The van der Waals surface area contributed by atoms with Crippen LogP contribution in [0.1, 0.15) is 16.1 Å². The van der Waals surface area contributed by atoms with Crippen molar-refractivity contribution in [3.05, 3.63) is 47.7 Å². The molecule has 22 heavy (non-hydrogen) atoms. The lowest BCUT2D eigenvalue weighted by Gasteiger charge is -2.08. The number of alkyl halides is 3. The molecule has 1 amide bonds. The van der Waals surface area contributed by atoms with Gasteiger partial charge >= 0.3 is 6.18 Å². The Morgan fingerprint density at radius 3 is 2.14 bits per heavy atom. The number of sulfonamides is 1. The number of anilines is 1. The molecule has 2 rings (SSSR count). The molecule has 0 bridgehead atoms. The van der Waals surface area contributed by atoms with Crippen LogP contribution in [-0.4, -0.2) is 14.3 Å². The van der Waals surface area contributed by atoms with Gasteiger partial charge in [0.25, 0.3) is 15.9 Å². The third kappa shape index (κ3) is 3.65. The van der Waals surface area contributed by atoms with Crippen molar-refractivity contribution >= 4 is 21.6 Å². The summed E-state index contributed by atoms with van der Waals surface area (Å²) in [5.41, 5.74) is -0.772. The van der Waals surface area contributed by atoms with Crippen LogP contribution in [-0.2, 0) is 16.2 Å². The molecule has 0 fully saturated rings. The fraction of sp³-hybridized carbons (Fsp3) is 0.0833. The molecular formula is C12H9F3N2O4S. The minimum atomic E-state index is -4.48. The Bertz CT molecular complexity index is 795. The number of rotatable bonds is 3. The Labute approximate surface area is 122 Å². The second-order valence-electron chi connectivity index (χ2n) is 4.19. The third-order valence-corrected chi connectivity index (χ3v) is 3.34. The van der Waals surface area contributed by atoms with Gasteiger partial charge in [0.2, 0.25) is 5.09 Å². The number of primary sulfonamides is 1. The maximum Gasteiger partial charge on any atom is 0.416 e. The van der Waals surface area contributed by atoms with E-state index in [9.17, 15) is 26.4 Å². The second-order valence-corrected chi connectivity index (χ2v) is 5.69. The fourth-order valence-electron chi connectivity index (χ4n) is 1.53. The molecule has 0 saturated heterocycles. The zero-order valence-electron chi connectivity index (χ0n) is 10.7. The summed E-state index contributed by atoms with van der Waals surface area (Å²) in [4.78, 5) is 11.8. The van der Waals surface area contributed by atoms with E-state index >= 15 is 0 Å². The number of amides is 1. The molecule has 2 aromatic rings. The first-order chi connectivity index (χ1) is 10.1. The Kier molecular flexibility index (Phi) is 3.98. The summed E-state index contributed by atoms with van der Waals surface area (Å²) >= 11 is 0. The number of carbonyl (C=O) groups is 1. The second kappa shape index (κ2) is 5.46. The van der Waals surface area contributed by atoms with Crippen molar-refractivity contribution in [2.75, 3.05) is 5.32 Å². The van der Waals surface area contributed by atoms with E-state index < -0.39 is 32.8 Å². The molecule has 0 aliphatic rings. The smallest absolute Gasteiger partial charge is 0.416 e. The van der Waals surface area contributed by atoms with Crippen molar-refractivity contribution in [1.82, 2.24) is 0 Å². The van der Waals surface area contributed by atoms with Gasteiger partial charge in [0.15, 0.2) is 5.76 Å². The standard InChI is InChI=1S/C12H9F3N2O4S/c13-12(14,15)7-1-3-8(4-2-7)17-11(18)9-5-6-10(21-9)22(16,19)20/h1-6H,(H,17,18)(H2,16,19,20). The van der Waals surface area contributed by atoms with Crippen LogP contribution < -0.4 is 10.5 Å². The molecule has 0 aliphatic heterocycles. The van der Waals surface area contributed by atoms with Crippen LogP contribution in [0.25, 0.3) is 0 Å². The van der Waals surface area contributed by atoms with E-state index in [1.807, 2.05) is 0 Å². The van der Waals surface area contributed by atoms with Gasteiger partial charge in [0.05, 0.1) is 5.56 Å². The molecule has 6 nitrogen and oxygen atoms in total. The average molecular weight is 334 g/mol. The fourth-order valence-corrected chi connectivity index (χ4v) is 1.99. The van der Waals surface area contributed by atoms with E-state index in [1.54, 1.807) is 0 Å². The van der Waals surface area contributed by atoms with Gasteiger partial charge in [-0.15, -0.1) is 0 Å². The monoisotopic (exact) mass is 334 g/mol. The molecule has 1 aromatic heterocycles. The summed E-state index contributed by atoms with van der Waals surface area (Å²) in [5.74, 6) is -1.17. The van der Waals surface area contributed by atoms with E-state index in [0.717, 1.165) is 36.4 Å². The maximum atomic E-state index is 12.4. The minimum Gasteiger partial charge on any atom is -0.438 e. The number of carbonyl (C=O) groups excluding carboxylic acids is 1. The van der Waals surface area contributed by atoms with Gasteiger partial charge in [-0.05, 0) is 36.4 Å². The molecule has 10 heteroatoms. The first kappa shape index (κ1) is 16.0. The van der Waals surface area contributed by atoms with Gasteiger partial charge in [0.1, 0.15) is 0 Å². The van der Waals surface area contributed by atoms with Gasteiger partial charge in [0, 0.05) is 5.69 Å². The Hall–Kier alpha value is -2.33. The highest BCUT2D eigenvalue weighted by Crippen LogP contribution is 2.29. The first-order valence-electron chi connectivity index (χ1n) is 5.68. The first-order valence-corrected chi connectivity index (χ1v) is 7.23. The topological polar surface area (TPSA) is 102 Å². The van der Waals surface area contributed by atoms with E-state index in [1.165, 1.54) is 0 Å². The molecule has 1 heterocycles. The number of furan rings is 1. The summed E-state index contributed by atoms with van der Waals surface area (Å²) < 4.78 is 63.9. The molecule has 0 saturated carbocycles. The van der Waals surface area contributed by atoms with Crippen LogP contribution in [0.2, 0.25) is 0 Å². The van der Waals surface area contributed by atoms with Gasteiger partial charge in [-0.2, -0.15) is 13.2 Å². The summed E-state index contributed by atoms with van der Waals surface area (Å²) in [6.45, 7) is 0. The van der Waals surface area contributed by atoms with Gasteiger partial charge in [-0.3, -0.25) is 4.79 Å². The number of halogens is 3. The summed E-state index contributed by atoms with van der Waals surface area (Å²) in [6, 6.07) is 5.80. The molecule has 0 radical (unpaired) electrons. The number of nitrogens with one attached hydrogen (secondary N) is 1.